The van der Waals surface area contributed by atoms with E-state index >= 15 is 0 Å². The SMILES string of the molecule is CC[C@@](C)(NC(=O)c1ccccc1)c1nc(C)c(C(=O)O)s1. The van der Waals surface area contributed by atoms with Crippen molar-refractivity contribution < 1.29 is 14.7 Å². The molecule has 1 aromatic carbocycles. The average Bonchev–Trinajstić information content (AvgIpc) is 2.91. The van der Waals surface area contributed by atoms with E-state index in [2.05, 4.69) is 10.3 Å². The van der Waals surface area contributed by atoms with Crippen LogP contribution in [0.2, 0.25) is 0 Å². The molecule has 0 aliphatic heterocycles. The van der Waals surface area contributed by atoms with Crippen LogP contribution in [0.4, 0.5) is 0 Å². The smallest absolute Gasteiger partial charge is 0.347 e. The highest BCUT2D eigenvalue weighted by molar-refractivity contribution is 7.13. The number of carbonyl (C=O) groups is 2. The van der Waals surface area contributed by atoms with Gasteiger partial charge in [0.15, 0.2) is 0 Å². The second-order valence-corrected chi connectivity index (χ2v) is 6.24. The Morgan fingerprint density at radius 2 is 1.95 bits per heavy atom. The number of hydrogen-bond acceptors (Lipinski definition) is 4. The summed E-state index contributed by atoms with van der Waals surface area (Å²) in [6.07, 6.45) is 0.609. The number of rotatable bonds is 5. The molecule has 0 aliphatic carbocycles. The van der Waals surface area contributed by atoms with Gasteiger partial charge in [-0.15, -0.1) is 11.3 Å². The third kappa shape index (κ3) is 3.17. The van der Waals surface area contributed by atoms with Crippen molar-refractivity contribution in [2.45, 2.75) is 32.7 Å². The second-order valence-electron chi connectivity index (χ2n) is 5.24. The monoisotopic (exact) mass is 318 g/mol. The summed E-state index contributed by atoms with van der Waals surface area (Å²) < 4.78 is 0. The maximum absolute atomic E-state index is 12.4. The molecule has 2 rings (SSSR count). The number of hydrogen-bond donors (Lipinski definition) is 2. The summed E-state index contributed by atoms with van der Waals surface area (Å²) in [5, 5.41) is 12.7. The van der Waals surface area contributed by atoms with E-state index in [-0.39, 0.29) is 10.8 Å². The minimum Gasteiger partial charge on any atom is -0.477 e. The summed E-state index contributed by atoms with van der Waals surface area (Å²) in [6.45, 7) is 5.46. The first-order valence-electron chi connectivity index (χ1n) is 6.96. The minimum atomic E-state index is -0.992. The van der Waals surface area contributed by atoms with Gasteiger partial charge in [0.1, 0.15) is 9.88 Å². The van der Waals surface area contributed by atoms with Crippen molar-refractivity contribution >= 4 is 23.2 Å². The molecule has 1 aromatic heterocycles. The number of thiazole rings is 1. The van der Waals surface area contributed by atoms with Gasteiger partial charge < -0.3 is 10.4 Å². The summed E-state index contributed by atoms with van der Waals surface area (Å²) in [5.74, 6) is -1.19. The number of aryl methyl sites for hydroxylation is 1. The third-order valence-electron chi connectivity index (χ3n) is 3.60. The summed E-state index contributed by atoms with van der Waals surface area (Å²) in [5.41, 5.74) is 0.339. The van der Waals surface area contributed by atoms with Crippen molar-refractivity contribution in [2.24, 2.45) is 0 Å². The summed E-state index contributed by atoms with van der Waals surface area (Å²) in [7, 11) is 0. The molecule has 0 saturated carbocycles. The topological polar surface area (TPSA) is 79.3 Å². The van der Waals surface area contributed by atoms with Crippen LogP contribution in [-0.4, -0.2) is 22.0 Å². The molecule has 0 spiro atoms. The van der Waals surface area contributed by atoms with Gasteiger partial charge in [-0.1, -0.05) is 25.1 Å². The van der Waals surface area contributed by atoms with Gasteiger partial charge in [-0.25, -0.2) is 9.78 Å². The predicted molar refractivity (Wildman–Crippen MR) is 85.4 cm³/mol. The number of carboxylic acid groups (broad SMARTS) is 1. The Morgan fingerprint density at radius 3 is 2.45 bits per heavy atom. The van der Waals surface area contributed by atoms with Crippen molar-refractivity contribution in [2.75, 3.05) is 0 Å². The molecule has 2 N–H and O–H groups in total. The number of carboxylic acids is 1. The fourth-order valence-electron chi connectivity index (χ4n) is 2.04. The molecule has 0 unspecified atom stereocenters. The van der Waals surface area contributed by atoms with Crippen molar-refractivity contribution in [3.8, 4) is 0 Å². The lowest BCUT2D eigenvalue weighted by atomic mass is 9.99. The van der Waals surface area contributed by atoms with Crippen molar-refractivity contribution in [3.05, 3.63) is 51.5 Å². The quantitative estimate of drug-likeness (QED) is 0.887. The number of amides is 1. The van der Waals surface area contributed by atoms with E-state index in [0.29, 0.717) is 22.7 Å². The van der Waals surface area contributed by atoms with Gasteiger partial charge in [0.2, 0.25) is 0 Å². The molecule has 0 aliphatic rings. The number of nitrogens with zero attached hydrogens (tertiary/aromatic N) is 1. The van der Waals surface area contributed by atoms with E-state index < -0.39 is 11.5 Å². The first-order chi connectivity index (χ1) is 10.4. The van der Waals surface area contributed by atoms with E-state index in [1.54, 1.807) is 31.2 Å². The van der Waals surface area contributed by atoms with Crippen LogP contribution in [0.25, 0.3) is 0 Å². The molecule has 0 radical (unpaired) electrons. The predicted octanol–water partition coefficient (Wildman–Crippen LogP) is 3.20. The van der Waals surface area contributed by atoms with E-state index in [0.717, 1.165) is 11.3 Å². The molecule has 0 fully saturated rings. The lowest BCUT2D eigenvalue weighted by Gasteiger charge is -2.27. The molecular weight excluding hydrogens is 300 g/mol. The van der Waals surface area contributed by atoms with Gasteiger partial charge in [0, 0.05) is 5.56 Å². The van der Waals surface area contributed by atoms with Gasteiger partial charge in [-0.05, 0) is 32.4 Å². The maximum atomic E-state index is 12.4. The van der Waals surface area contributed by atoms with Crippen LogP contribution in [-0.2, 0) is 5.54 Å². The first-order valence-corrected chi connectivity index (χ1v) is 7.78. The summed E-state index contributed by atoms with van der Waals surface area (Å²) in [6, 6.07) is 8.92. The number of nitrogens with one attached hydrogen (secondary N) is 1. The Hall–Kier alpha value is -2.21. The summed E-state index contributed by atoms with van der Waals surface area (Å²) >= 11 is 1.11. The zero-order chi connectivity index (χ0) is 16.3. The molecule has 0 saturated heterocycles. The van der Waals surface area contributed by atoms with Gasteiger partial charge in [-0.2, -0.15) is 0 Å². The zero-order valence-electron chi connectivity index (χ0n) is 12.7. The Balaban J connectivity index is 2.31. The van der Waals surface area contributed by atoms with Crippen LogP contribution in [0.1, 0.15) is 51.0 Å². The van der Waals surface area contributed by atoms with Crippen molar-refractivity contribution in [1.82, 2.24) is 10.3 Å². The lowest BCUT2D eigenvalue weighted by Crippen LogP contribution is -2.43. The van der Waals surface area contributed by atoms with Crippen LogP contribution in [0.5, 0.6) is 0 Å². The molecule has 1 heterocycles. The molecule has 1 amide bonds. The molecule has 22 heavy (non-hydrogen) atoms. The highest BCUT2D eigenvalue weighted by atomic mass is 32.1. The minimum absolute atomic E-state index is 0.199. The van der Waals surface area contributed by atoms with E-state index in [4.69, 9.17) is 5.11 Å². The highest BCUT2D eigenvalue weighted by Gasteiger charge is 2.32. The van der Waals surface area contributed by atoms with Gasteiger partial charge in [0.05, 0.1) is 11.2 Å². The van der Waals surface area contributed by atoms with E-state index in [1.165, 1.54) is 0 Å². The van der Waals surface area contributed by atoms with Crippen LogP contribution >= 0.6 is 11.3 Å². The van der Waals surface area contributed by atoms with Gasteiger partial charge >= 0.3 is 5.97 Å². The van der Waals surface area contributed by atoms with Gasteiger partial charge in [0.25, 0.3) is 5.91 Å². The van der Waals surface area contributed by atoms with Crippen molar-refractivity contribution in [1.29, 1.82) is 0 Å². The van der Waals surface area contributed by atoms with E-state index in [1.807, 2.05) is 19.9 Å². The number of aromatic nitrogens is 1. The number of aromatic carboxylic acids is 1. The molecule has 116 valence electrons. The molecule has 1 atom stereocenters. The molecule has 2 aromatic rings. The zero-order valence-corrected chi connectivity index (χ0v) is 13.5. The lowest BCUT2D eigenvalue weighted by molar-refractivity contribution is 0.0700. The molecule has 0 bridgehead atoms. The van der Waals surface area contributed by atoms with Gasteiger partial charge in [-0.3, -0.25) is 4.79 Å². The summed E-state index contributed by atoms with van der Waals surface area (Å²) in [4.78, 5) is 28.1. The average molecular weight is 318 g/mol. The van der Waals surface area contributed by atoms with Crippen LogP contribution in [0.15, 0.2) is 30.3 Å². The Kier molecular flexibility index (Phi) is 4.61. The molecule has 6 heteroatoms. The number of carbonyl (C=O) groups excluding carboxylic acids is 1. The Labute approximate surface area is 133 Å². The highest BCUT2D eigenvalue weighted by Crippen LogP contribution is 2.31. The standard InChI is InChI=1S/C16H18N2O3S/c1-4-16(3,15-17-10(2)12(22-15)14(20)21)18-13(19)11-8-6-5-7-9-11/h5-9H,4H2,1-3H3,(H,18,19)(H,20,21)/t16-/m1/s1. The Bertz CT molecular complexity index is 697. The largest absolute Gasteiger partial charge is 0.477 e. The number of benzene rings is 1. The van der Waals surface area contributed by atoms with Crippen molar-refractivity contribution in [3.63, 3.8) is 0 Å². The van der Waals surface area contributed by atoms with Crippen LogP contribution in [0.3, 0.4) is 0 Å². The second kappa shape index (κ2) is 6.27. The maximum Gasteiger partial charge on any atom is 0.347 e. The van der Waals surface area contributed by atoms with Crippen LogP contribution < -0.4 is 5.32 Å². The first kappa shape index (κ1) is 16.2. The Morgan fingerprint density at radius 1 is 1.32 bits per heavy atom. The van der Waals surface area contributed by atoms with Crippen LogP contribution in [0, 0.1) is 6.92 Å². The molecular formula is C16H18N2O3S. The fourth-order valence-corrected chi connectivity index (χ4v) is 3.11. The fraction of sp³-hybridized carbons (Fsp3) is 0.312. The molecule has 5 nitrogen and oxygen atoms in total. The van der Waals surface area contributed by atoms with E-state index in [9.17, 15) is 9.59 Å². The third-order valence-corrected chi connectivity index (χ3v) is 5.00. The normalized spacial score (nSPS) is 13.4.